The number of aliphatic hydroxyl groups excluding tert-OH is 5. The van der Waals surface area contributed by atoms with Crippen molar-refractivity contribution in [3.05, 3.63) is 12.7 Å². The molecule has 9 N–H and O–H groups in total. The number of imidazole rings is 1. The van der Waals surface area contributed by atoms with Crippen LogP contribution >= 0.6 is 15.6 Å². The molecule has 21 nitrogen and oxygen atoms in total. The third-order valence-electron chi connectivity index (χ3n) is 6.47. The summed E-state index contributed by atoms with van der Waals surface area (Å²) in [7, 11) is -11.1. The van der Waals surface area contributed by atoms with E-state index in [1.165, 1.54) is 17.2 Å². The second-order valence-electron chi connectivity index (χ2n) is 10.3. The van der Waals surface area contributed by atoms with Crippen LogP contribution in [0.5, 0.6) is 0 Å². The van der Waals surface area contributed by atoms with Gasteiger partial charge in [0.05, 0.1) is 32.3 Å². The molecule has 2 saturated heterocycles. The van der Waals surface area contributed by atoms with E-state index in [9.17, 15) is 39.3 Å². The van der Waals surface area contributed by atoms with Gasteiger partial charge in [0.1, 0.15) is 48.5 Å². The molecule has 8 unspecified atom stereocenters. The number of hydrogen-bond donors (Lipinski definition) is 8. The molecule has 0 aliphatic carbocycles. The summed E-state index contributed by atoms with van der Waals surface area (Å²) in [4.78, 5) is 32.6. The maximum absolute atomic E-state index is 12.7. The molecule has 2 aliphatic heterocycles. The highest BCUT2D eigenvalue weighted by Crippen LogP contribution is 2.61. The lowest BCUT2D eigenvalue weighted by Gasteiger charge is -2.31. The van der Waals surface area contributed by atoms with Crippen LogP contribution in [0.1, 0.15) is 27.0 Å². The maximum atomic E-state index is 12.7. The predicted octanol–water partition coefficient (Wildman–Crippen LogP) is -2.12. The molecule has 0 aromatic carbocycles. The molecular formula is C21H35N5O16P2. The fourth-order valence-electron chi connectivity index (χ4n) is 4.60. The lowest BCUT2D eigenvalue weighted by atomic mass is 10.1. The second kappa shape index (κ2) is 13.5. The number of nitrogens with zero attached hydrogens (tertiary/aromatic N) is 4. The van der Waals surface area contributed by atoms with Crippen LogP contribution in [-0.2, 0) is 41.4 Å². The molecule has 0 bridgehead atoms. The minimum absolute atomic E-state index is 0.117. The van der Waals surface area contributed by atoms with Gasteiger partial charge >= 0.3 is 15.6 Å². The SMILES string of the molecule is C[C@H](O)C(OC(OP(=O)(O)OP(=O)(O)OCC1OC(n2cnc3c(N)ncnc32)C2OC(C)(C)OC12)[C@H](O)CO)[C@H](O)CO. The number of aromatic nitrogens is 4. The second-order valence-corrected chi connectivity index (χ2v) is 13.3. The Morgan fingerprint density at radius 2 is 1.70 bits per heavy atom. The van der Waals surface area contributed by atoms with E-state index in [2.05, 4.69) is 23.8 Å². The fourth-order valence-corrected chi connectivity index (χ4v) is 6.78. The number of nitrogen functional groups attached to an aromatic ring is 1. The van der Waals surface area contributed by atoms with Crippen LogP contribution in [0, 0.1) is 0 Å². The van der Waals surface area contributed by atoms with E-state index in [0.29, 0.717) is 5.65 Å². The topological polar surface area (TPSA) is 310 Å². The molecule has 2 aliphatic rings. The van der Waals surface area contributed by atoms with Crippen molar-refractivity contribution in [1.29, 1.82) is 0 Å². The molecule has 250 valence electrons. The van der Waals surface area contributed by atoms with Gasteiger partial charge < -0.3 is 60.0 Å². The van der Waals surface area contributed by atoms with E-state index in [-0.39, 0.29) is 11.3 Å². The van der Waals surface area contributed by atoms with Crippen LogP contribution in [0.15, 0.2) is 12.7 Å². The first kappa shape index (κ1) is 35.1. The van der Waals surface area contributed by atoms with Crippen molar-refractivity contribution in [2.75, 3.05) is 25.6 Å². The van der Waals surface area contributed by atoms with Gasteiger partial charge in [-0.15, -0.1) is 0 Å². The Morgan fingerprint density at radius 3 is 2.34 bits per heavy atom. The van der Waals surface area contributed by atoms with Crippen LogP contribution in [0.3, 0.4) is 0 Å². The van der Waals surface area contributed by atoms with E-state index in [1.807, 2.05) is 0 Å². The summed E-state index contributed by atoms with van der Waals surface area (Å²) in [5.74, 6) is -0.990. The van der Waals surface area contributed by atoms with E-state index in [0.717, 1.165) is 6.92 Å². The predicted molar refractivity (Wildman–Crippen MR) is 142 cm³/mol. The molecule has 23 heteroatoms. The van der Waals surface area contributed by atoms with Crippen molar-refractivity contribution >= 4 is 32.6 Å². The fraction of sp³-hybridized carbons (Fsp3) is 0.762. The first-order chi connectivity index (χ1) is 20.5. The minimum atomic E-state index is -5.65. The molecule has 0 amide bonds. The number of ether oxygens (including phenoxy) is 4. The molecule has 2 aromatic rings. The molecule has 44 heavy (non-hydrogen) atoms. The minimum Gasteiger partial charge on any atom is -0.394 e. The first-order valence-corrected chi connectivity index (χ1v) is 16.0. The summed E-state index contributed by atoms with van der Waals surface area (Å²) >= 11 is 0. The summed E-state index contributed by atoms with van der Waals surface area (Å²) < 4.78 is 63.6. The molecule has 11 atom stereocenters. The average Bonchev–Trinajstić information content (AvgIpc) is 3.59. The zero-order valence-corrected chi connectivity index (χ0v) is 25.3. The van der Waals surface area contributed by atoms with Gasteiger partial charge in [-0.1, -0.05) is 0 Å². The summed E-state index contributed by atoms with van der Waals surface area (Å²) in [5.41, 5.74) is 6.46. The van der Waals surface area contributed by atoms with Gasteiger partial charge in [0.2, 0.25) is 0 Å². The molecule has 4 heterocycles. The van der Waals surface area contributed by atoms with Crippen molar-refractivity contribution in [2.24, 2.45) is 0 Å². The summed E-state index contributed by atoms with van der Waals surface area (Å²) in [5, 5.41) is 48.1. The number of phosphoric ester groups is 2. The zero-order valence-electron chi connectivity index (χ0n) is 23.5. The van der Waals surface area contributed by atoms with Crippen molar-refractivity contribution in [1.82, 2.24) is 19.5 Å². The zero-order chi connectivity index (χ0) is 32.6. The van der Waals surface area contributed by atoms with Gasteiger partial charge in [-0.25, -0.2) is 24.1 Å². The third kappa shape index (κ3) is 7.96. The van der Waals surface area contributed by atoms with Crippen LogP contribution in [0.25, 0.3) is 11.2 Å². The Labute approximate surface area is 249 Å². The number of nitrogens with two attached hydrogens (primary N) is 1. The van der Waals surface area contributed by atoms with E-state index >= 15 is 0 Å². The van der Waals surface area contributed by atoms with Gasteiger partial charge in [0.15, 0.2) is 29.8 Å². The Hall–Kier alpha value is -1.75. The van der Waals surface area contributed by atoms with Crippen LogP contribution in [0.2, 0.25) is 0 Å². The maximum Gasteiger partial charge on any atom is 0.483 e. The van der Waals surface area contributed by atoms with Gasteiger partial charge in [-0.3, -0.25) is 13.6 Å². The summed E-state index contributed by atoms with van der Waals surface area (Å²) in [6.07, 6.45) is -10.5. The van der Waals surface area contributed by atoms with Gasteiger partial charge in [0, 0.05) is 0 Å². The lowest BCUT2D eigenvalue weighted by molar-refractivity contribution is -0.226. The summed E-state index contributed by atoms with van der Waals surface area (Å²) in [6, 6.07) is 0. The highest BCUT2D eigenvalue weighted by molar-refractivity contribution is 7.61. The monoisotopic (exact) mass is 675 g/mol. The van der Waals surface area contributed by atoms with Crippen molar-refractivity contribution < 1.29 is 76.8 Å². The molecule has 0 saturated carbocycles. The Bertz CT molecular complexity index is 1380. The van der Waals surface area contributed by atoms with Crippen molar-refractivity contribution in [2.45, 2.75) is 81.8 Å². The highest BCUT2D eigenvalue weighted by Gasteiger charge is 2.57. The van der Waals surface area contributed by atoms with Crippen LogP contribution < -0.4 is 5.73 Å². The Kier molecular flexibility index (Phi) is 10.8. The van der Waals surface area contributed by atoms with Gasteiger partial charge in [-0.2, -0.15) is 4.31 Å². The van der Waals surface area contributed by atoms with Gasteiger partial charge in [-0.05, 0) is 20.8 Å². The quantitative estimate of drug-likeness (QED) is 0.0738. The van der Waals surface area contributed by atoms with Crippen molar-refractivity contribution in [3.8, 4) is 0 Å². The molecular weight excluding hydrogens is 640 g/mol. The van der Waals surface area contributed by atoms with Crippen LogP contribution in [0.4, 0.5) is 5.82 Å². The lowest BCUT2D eigenvalue weighted by Crippen LogP contribution is -2.46. The molecule has 2 fully saturated rings. The third-order valence-corrected chi connectivity index (χ3v) is 9.07. The Balaban J connectivity index is 1.45. The first-order valence-electron chi connectivity index (χ1n) is 13.0. The Morgan fingerprint density at radius 1 is 1.05 bits per heavy atom. The number of hydrogen-bond acceptors (Lipinski definition) is 18. The van der Waals surface area contributed by atoms with E-state index < -0.39 is 96.5 Å². The van der Waals surface area contributed by atoms with E-state index in [1.54, 1.807) is 13.8 Å². The van der Waals surface area contributed by atoms with Gasteiger partial charge in [0.25, 0.3) is 0 Å². The number of aliphatic hydroxyl groups is 5. The van der Waals surface area contributed by atoms with E-state index in [4.69, 9.17) is 34.3 Å². The summed E-state index contributed by atoms with van der Waals surface area (Å²) in [6.45, 7) is 1.60. The number of anilines is 1. The number of rotatable bonds is 15. The smallest absolute Gasteiger partial charge is 0.394 e. The normalized spacial score (nSPS) is 29.4. The molecule has 0 spiro atoms. The average molecular weight is 675 g/mol. The number of phosphoric acid groups is 2. The molecule has 0 radical (unpaired) electrons. The largest absolute Gasteiger partial charge is 0.483 e. The van der Waals surface area contributed by atoms with Crippen LogP contribution in [-0.4, -0.2) is 129 Å². The molecule has 4 rings (SSSR count). The molecule has 2 aromatic heterocycles. The van der Waals surface area contributed by atoms with Crippen molar-refractivity contribution in [3.63, 3.8) is 0 Å². The number of fused-ring (bicyclic) bond motifs is 2. The highest BCUT2D eigenvalue weighted by atomic mass is 31.3. The standard InChI is InChI=1S/C21H35N5O16P2/c1-9(29)14(10(30)4-27)38-20(11(31)5-28)41-44(34,35)42-43(32,33)36-6-12-15-16(40-21(2,3)39-15)19(37-12)26-8-25-13-17(22)23-7-24-18(13)26/h7-12,14-16,19-20,27-31H,4-6H2,1-3H3,(H,32,33)(H,34,35)(H2,22,23,24)/t9-,10+,11+,12?,14?,15?,16?,19?,20?/m0/s1.